The maximum atomic E-state index is 13.7. The Bertz CT molecular complexity index is 1050. The molecule has 174 valence electrons. The van der Waals surface area contributed by atoms with Gasteiger partial charge in [0.05, 0.1) is 6.54 Å². The van der Waals surface area contributed by atoms with Gasteiger partial charge in [0, 0.05) is 35.6 Å². The SMILES string of the molecule is CC(C)c1cccc(C(C)C)c1NC(=O)N(Cc1ccc(N(C)C)cc1)c1ccc(Br)cc1. The molecule has 0 aliphatic heterocycles. The number of nitrogens with one attached hydrogen (secondary N) is 1. The van der Waals surface area contributed by atoms with E-state index in [2.05, 4.69) is 96.3 Å². The van der Waals surface area contributed by atoms with Crippen molar-refractivity contribution in [3.8, 4) is 0 Å². The van der Waals surface area contributed by atoms with Crippen molar-refractivity contribution in [1.29, 1.82) is 0 Å². The van der Waals surface area contributed by atoms with E-state index in [9.17, 15) is 4.79 Å². The number of amides is 2. The van der Waals surface area contributed by atoms with Crippen LogP contribution in [0, 0.1) is 0 Å². The molecular formula is C28H34BrN3O. The Morgan fingerprint density at radius 3 is 1.82 bits per heavy atom. The summed E-state index contributed by atoms with van der Waals surface area (Å²) in [7, 11) is 4.05. The molecule has 0 bridgehead atoms. The van der Waals surface area contributed by atoms with Gasteiger partial charge in [-0.3, -0.25) is 4.90 Å². The average Bonchev–Trinajstić information content (AvgIpc) is 2.78. The number of para-hydroxylation sites is 1. The number of rotatable bonds is 7. The Hall–Kier alpha value is -2.79. The number of carbonyl (C=O) groups excluding carboxylic acids is 1. The van der Waals surface area contributed by atoms with Crippen molar-refractivity contribution in [3.63, 3.8) is 0 Å². The molecule has 3 rings (SSSR count). The number of anilines is 3. The number of nitrogens with zero attached hydrogens (tertiary/aromatic N) is 2. The first-order valence-electron chi connectivity index (χ1n) is 11.4. The molecule has 0 saturated carbocycles. The van der Waals surface area contributed by atoms with Crippen molar-refractivity contribution >= 4 is 39.0 Å². The Balaban J connectivity index is 1.97. The minimum absolute atomic E-state index is 0.135. The molecule has 0 spiro atoms. The number of hydrogen-bond acceptors (Lipinski definition) is 2. The highest BCUT2D eigenvalue weighted by atomic mass is 79.9. The summed E-state index contributed by atoms with van der Waals surface area (Å²) >= 11 is 3.50. The smallest absolute Gasteiger partial charge is 0.326 e. The molecule has 0 atom stereocenters. The molecule has 0 fully saturated rings. The lowest BCUT2D eigenvalue weighted by Crippen LogP contribution is -2.35. The highest BCUT2D eigenvalue weighted by Crippen LogP contribution is 2.33. The molecule has 0 aliphatic rings. The zero-order chi connectivity index (χ0) is 24.1. The molecule has 2 amide bonds. The molecule has 0 aliphatic carbocycles. The van der Waals surface area contributed by atoms with Gasteiger partial charge < -0.3 is 10.2 Å². The van der Waals surface area contributed by atoms with Crippen molar-refractivity contribution in [2.24, 2.45) is 0 Å². The first-order valence-corrected chi connectivity index (χ1v) is 12.2. The second kappa shape index (κ2) is 10.9. The maximum absolute atomic E-state index is 13.7. The zero-order valence-corrected chi connectivity index (χ0v) is 22.0. The van der Waals surface area contributed by atoms with Crippen LogP contribution in [0.2, 0.25) is 0 Å². The largest absolute Gasteiger partial charge is 0.378 e. The predicted octanol–water partition coefficient (Wildman–Crippen LogP) is 8.00. The van der Waals surface area contributed by atoms with E-state index in [-0.39, 0.29) is 6.03 Å². The fourth-order valence-electron chi connectivity index (χ4n) is 3.85. The van der Waals surface area contributed by atoms with Gasteiger partial charge >= 0.3 is 6.03 Å². The topological polar surface area (TPSA) is 35.6 Å². The van der Waals surface area contributed by atoms with Gasteiger partial charge in [-0.2, -0.15) is 0 Å². The Labute approximate surface area is 206 Å². The molecule has 3 aromatic carbocycles. The summed E-state index contributed by atoms with van der Waals surface area (Å²) < 4.78 is 0.981. The Morgan fingerprint density at radius 1 is 0.818 bits per heavy atom. The first kappa shape index (κ1) is 24.8. The van der Waals surface area contributed by atoms with E-state index in [1.807, 2.05) is 38.4 Å². The number of urea groups is 1. The average molecular weight is 509 g/mol. The van der Waals surface area contributed by atoms with Crippen LogP contribution in [0.5, 0.6) is 0 Å². The van der Waals surface area contributed by atoms with E-state index in [1.165, 1.54) is 0 Å². The van der Waals surface area contributed by atoms with Crippen molar-refractivity contribution in [3.05, 3.63) is 87.9 Å². The summed E-state index contributed by atoms with van der Waals surface area (Å²) in [6.45, 7) is 9.12. The number of hydrogen-bond donors (Lipinski definition) is 1. The van der Waals surface area contributed by atoms with Gasteiger partial charge in [-0.25, -0.2) is 4.79 Å². The van der Waals surface area contributed by atoms with Crippen molar-refractivity contribution < 1.29 is 4.79 Å². The molecule has 0 aromatic heterocycles. The molecule has 3 aromatic rings. The predicted molar refractivity (Wildman–Crippen MR) is 145 cm³/mol. The summed E-state index contributed by atoms with van der Waals surface area (Å²) in [6.07, 6.45) is 0. The lowest BCUT2D eigenvalue weighted by molar-refractivity contribution is 0.256. The van der Waals surface area contributed by atoms with Gasteiger partial charge in [-0.15, -0.1) is 0 Å². The molecule has 33 heavy (non-hydrogen) atoms. The Kier molecular flexibility index (Phi) is 8.20. The van der Waals surface area contributed by atoms with E-state index < -0.39 is 0 Å². The normalized spacial score (nSPS) is 11.1. The van der Waals surface area contributed by atoms with E-state index in [1.54, 1.807) is 4.90 Å². The third kappa shape index (κ3) is 6.17. The highest BCUT2D eigenvalue weighted by molar-refractivity contribution is 9.10. The number of carbonyl (C=O) groups is 1. The number of benzene rings is 3. The van der Waals surface area contributed by atoms with Crippen LogP contribution in [0.25, 0.3) is 0 Å². The molecule has 0 saturated heterocycles. The van der Waals surface area contributed by atoms with Crippen LogP contribution in [-0.2, 0) is 6.54 Å². The van der Waals surface area contributed by atoms with Crippen molar-refractivity contribution in [2.75, 3.05) is 29.2 Å². The zero-order valence-electron chi connectivity index (χ0n) is 20.4. The van der Waals surface area contributed by atoms with Gasteiger partial charge in [0.15, 0.2) is 0 Å². The fraction of sp³-hybridized carbons (Fsp3) is 0.321. The van der Waals surface area contributed by atoms with Crippen LogP contribution in [-0.4, -0.2) is 20.1 Å². The van der Waals surface area contributed by atoms with Gasteiger partial charge in [-0.1, -0.05) is 74.0 Å². The van der Waals surface area contributed by atoms with Crippen LogP contribution in [0.3, 0.4) is 0 Å². The van der Waals surface area contributed by atoms with E-state index in [0.29, 0.717) is 18.4 Å². The maximum Gasteiger partial charge on any atom is 0.326 e. The van der Waals surface area contributed by atoms with Gasteiger partial charge in [-0.05, 0) is 64.9 Å². The van der Waals surface area contributed by atoms with Crippen LogP contribution in [0.1, 0.15) is 56.2 Å². The third-order valence-electron chi connectivity index (χ3n) is 5.78. The van der Waals surface area contributed by atoms with E-state index >= 15 is 0 Å². The first-order chi connectivity index (χ1) is 15.7. The Morgan fingerprint density at radius 2 is 1.33 bits per heavy atom. The monoisotopic (exact) mass is 507 g/mol. The third-order valence-corrected chi connectivity index (χ3v) is 6.31. The van der Waals surface area contributed by atoms with Crippen LogP contribution in [0.15, 0.2) is 71.2 Å². The van der Waals surface area contributed by atoms with E-state index in [4.69, 9.17) is 0 Å². The van der Waals surface area contributed by atoms with Crippen LogP contribution in [0.4, 0.5) is 21.9 Å². The lowest BCUT2D eigenvalue weighted by Gasteiger charge is -2.27. The van der Waals surface area contributed by atoms with Crippen LogP contribution >= 0.6 is 15.9 Å². The second-order valence-electron chi connectivity index (χ2n) is 9.17. The minimum Gasteiger partial charge on any atom is -0.378 e. The van der Waals surface area contributed by atoms with Crippen LogP contribution < -0.4 is 15.1 Å². The molecule has 1 N–H and O–H groups in total. The van der Waals surface area contributed by atoms with Crippen molar-refractivity contribution in [1.82, 2.24) is 0 Å². The summed E-state index contributed by atoms with van der Waals surface area (Å²) in [5, 5.41) is 3.27. The lowest BCUT2D eigenvalue weighted by atomic mass is 9.93. The quantitative estimate of drug-likeness (QED) is 0.351. The molecule has 4 nitrogen and oxygen atoms in total. The molecule has 0 heterocycles. The summed E-state index contributed by atoms with van der Waals surface area (Å²) in [4.78, 5) is 17.6. The van der Waals surface area contributed by atoms with Gasteiger partial charge in [0.25, 0.3) is 0 Å². The molecule has 5 heteroatoms. The highest BCUT2D eigenvalue weighted by Gasteiger charge is 2.21. The standard InChI is InChI=1S/C28H34BrN3O/c1-19(2)25-8-7-9-26(20(3)4)27(25)30-28(33)32(24-16-12-22(29)13-17-24)18-21-10-14-23(15-11-21)31(5)6/h7-17,19-20H,18H2,1-6H3,(H,30,33). The minimum atomic E-state index is -0.135. The number of halogens is 1. The van der Waals surface area contributed by atoms with Gasteiger partial charge in [0.2, 0.25) is 0 Å². The molecule has 0 radical (unpaired) electrons. The second-order valence-corrected chi connectivity index (χ2v) is 10.1. The molecule has 0 unspecified atom stereocenters. The summed E-state index contributed by atoms with van der Waals surface area (Å²) in [5.41, 5.74) is 6.28. The van der Waals surface area contributed by atoms with Crippen molar-refractivity contribution in [2.45, 2.75) is 46.1 Å². The summed E-state index contributed by atoms with van der Waals surface area (Å²) in [6, 6.07) is 22.3. The molecular weight excluding hydrogens is 474 g/mol. The van der Waals surface area contributed by atoms with E-state index in [0.717, 1.165) is 38.2 Å². The summed E-state index contributed by atoms with van der Waals surface area (Å²) in [5.74, 6) is 0.609. The van der Waals surface area contributed by atoms with Gasteiger partial charge in [0.1, 0.15) is 0 Å². The fourth-order valence-corrected chi connectivity index (χ4v) is 4.12.